The second-order valence-electron chi connectivity index (χ2n) is 8.34. The van der Waals surface area contributed by atoms with Gasteiger partial charge in [-0.25, -0.2) is 4.98 Å². The number of imidazole rings is 1. The van der Waals surface area contributed by atoms with Crippen LogP contribution in [0.4, 0.5) is 5.69 Å². The minimum Gasteiger partial charge on any atom is -0.495 e. The summed E-state index contributed by atoms with van der Waals surface area (Å²) < 4.78 is 7.41. The van der Waals surface area contributed by atoms with E-state index in [4.69, 9.17) is 4.74 Å². The van der Waals surface area contributed by atoms with Crippen molar-refractivity contribution < 1.29 is 14.3 Å². The number of nitrogens with one attached hydrogen (secondary N) is 1. The highest BCUT2D eigenvalue weighted by Crippen LogP contribution is 2.28. The Balaban J connectivity index is 1.38. The number of aryl methyl sites for hydroxylation is 1. The number of methoxy groups -OCH3 is 1. The normalized spacial score (nSPS) is 15.5. The monoisotopic (exact) mass is 455 g/mol. The molecule has 1 atom stereocenters. The third kappa shape index (κ3) is 3.98. The van der Waals surface area contributed by atoms with Crippen LogP contribution in [-0.2, 0) is 4.79 Å². The minimum absolute atomic E-state index is 0.194. The maximum Gasteiger partial charge on any atom is 0.254 e. The van der Waals surface area contributed by atoms with E-state index < -0.39 is 6.04 Å². The van der Waals surface area contributed by atoms with Gasteiger partial charge in [-0.3, -0.25) is 14.6 Å². The SMILES string of the molecule is COc1cc(C(=O)N2CCCC2C(=O)Nc2cccc3cccnc23)ccc1-n1cnc(C)c1. The lowest BCUT2D eigenvalue weighted by molar-refractivity contribution is -0.119. The van der Waals surface area contributed by atoms with Crippen molar-refractivity contribution in [3.05, 3.63) is 78.5 Å². The highest BCUT2D eigenvalue weighted by molar-refractivity contribution is 6.05. The molecule has 8 nitrogen and oxygen atoms in total. The molecule has 0 saturated carbocycles. The molecule has 5 rings (SSSR count). The Bertz CT molecular complexity index is 1370. The lowest BCUT2D eigenvalue weighted by atomic mass is 10.1. The molecule has 34 heavy (non-hydrogen) atoms. The summed E-state index contributed by atoms with van der Waals surface area (Å²) in [6.45, 7) is 2.43. The first kappa shape index (κ1) is 21.6. The molecule has 1 saturated heterocycles. The summed E-state index contributed by atoms with van der Waals surface area (Å²) in [4.78, 5) is 36.9. The Morgan fingerprint density at radius 2 is 1.97 bits per heavy atom. The molecule has 8 heteroatoms. The Kier molecular flexibility index (Phi) is 5.71. The van der Waals surface area contributed by atoms with Gasteiger partial charge in [0.25, 0.3) is 5.91 Å². The number of amides is 2. The highest BCUT2D eigenvalue weighted by Gasteiger charge is 2.35. The summed E-state index contributed by atoms with van der Waals surface area (Å²) in [7, 11) is 1.57. The number of carbonyl (C=O) groups excluding carboxylic acids is 2. The van der Waals surface area contributed by atoms with Crippen molar-refractivity contribution in [3.8, 4) is 11.4 Å². The fourth-order valence-corrected chi connectivity index (χ4v) is 4.45. The predicted molar refractivity (Wildman–Crippen MR) is 129 cm³/mol. The predicted octanol–water partition coefficient (Wildman–Crippen LogP) is 3.98. The van der Waals surface area contributed by atoms with Gasteiger partial charge >= 0.3 is 0 Å². The van der Waals surface area contributed by atoms with E-state index in [1.165, 1.54) is 0 Å². The molecule has 0 spiro atoms. The average molecular weight is 456 g/mol. The van der Waals surface area contributed by atoms with E-state index in [-0.39, 0.29) is 11.8 Å². The van der Waals surface area contributed by atoms with Gasteiger partial charge in [0.1, 0.15) is 11.8 Å². The molecule has 1 unspecified atom stereocenters. The number of hydrogen-bond donors (Lipinski definition) is 1. The molecule has 1 N–H and O–H groups in total. The van der Waals surface area contributed by atoms with E-state index in [1.54, 1.807) is 36.7 Å². The molecular formula is C26H25N5O3. The number of rotatable bonds is 5. The van der Waals surface area contributed by atoms with E-state index in [2.05, 4.69) is 15.3 Å². The molecule has 0 bridgehead atoms. The van der Waals surface area contributed by atoms with Crippen LogP contribution in [0.2, 0.25) is 0 Å². The van der Waals surface area contributed by atoms with Gasteiger partial charge in [-0.15, -0.1) is 0 Å². The molecule has 2 aromatic carbocycles. The summed E-state index contributed by atoms with van der Waals surface area (Å²) >= 11 is 0. The van der Waals surface area contributed by atoms with Gasteiger partial charge in [0.15, 0.2) is 0 Å². The van der Waals surface area contributed by atoms with Gasteiger partial charge in [-0.05, 0) is 50.1 Å². The number of likely N-dealkylation sites (tertiary alicyclic amines) is 1. The molecule has 0 aliphatic carbocycles. The first-order chi connectivity index (χ1) is 16.5. The van der Waals surface area contributed by atoms with E-state index in [9.17, 15) is 9.59 Å². The van der Waals surface area contributed by atoms with E-state index in [1.807, 2.05) is 54.1 Å². The number of anilines is 1. The molecule has 1 fully saturated rings. The van der Waals surface area contributed by atoms with Crippen molar-refractivity contribution in [2.24, 2.45) is 0 Å². The van der Waals surface area contributed by atoms with Crippen LogP contribution in [0.15, 0.2) is 67.3 Å². The first-order valence-corrected chi connectivity index (χ1v) is 11.2. The minimum atomic E-state index is -0.548. The molecule has 2 aromatic heterocycles. The van der Waals surface area contributed by atoms with Crippen LogP contribution in [-0.4, -0.2) is 50.9 Å². The summed E-state index contributed by atoms with van der Waals surface area (Å²) in [5.41, 5.74) is 3.52. The number of carbonyl (C=O) groups is 2. The van der Waals surface area contributed by atoms with Gasteiger partial charge < -0.3 is 19.5 Å². The van der Waals surface area contributed by atoms with Crippen LogP contribution in [0, 0.1) is 6.92 Å². The van der Waals surface area contributed by atoms with Crippen molar-refractivity contribution in [1.82, 2.24) is 19.4 Å². The third-order valence-electron chi connectivity index (χ3n) is 6.12. The maximum atomic E-state index is 13.4. The number of ether oxygens (including phenoxy) is 1. The molecule has 172 valence electrons. The fraction of sp³-hybridized carbons (Fsp3) is 0.231. The lowest BCUT2D eigenvalue weighted by Gasteiger charge is -2.24. The van der Waals surface area contributed by atoms with E-state index in [0.29, 0.717) is 30.0 Å². The summed E-state index contributed by atoms with van der Waals surface area (Å²) in [5.74, 6) is 0.159. The van der Waals surface area contributed by atoms with Gasteiger partial charge in [0.05, 0.1) is 36.0 Å². The highest BCUT2D eigenvalue weighted by atomic mass is 16.5. The number of pyridine rings is 1. The number of fused-ring (bicyclic) bond motifs is 1. The Morgan fingerprint density at radius 1 is 1.12 bits per heavy atom. The zero-order chi connectivity index (χ0) is 23.7. The van der Waals surface area contributed by atoms with Crippen LogP contribution >= 0.6 is 0 Å². The second kappa shape index (κ2) is 8.97. The zero-order valence-corrected chi connectivity index (χ0v) is 19.1. The Hall–Kier alpha value is -4.20. The third-order valence-corrected chi connectivity index (χ3v) is 6.12. The largest absolute Gasteiger partial charge is 0.495 e. The lowest BCUT2D eigenvalue weighted by Crippen LogP contribution is -2.43. The Labute approximate surface area is 197 Å². The van der Waals surface area contributed by atoms with Crippen LogP contribution < -0.4 is 10.1 Å². The number of para-hydroxylation sites is 1. The van der Waals surface area contributed by atoms with Gasteiger partial charge in [-0.1, -0.05) is 18.2 Å². The maximum absolute atomic E-state index is 13.4. The summed E-state index contributed by atoms with van der Waals surface area (Å²) in [6, 6.07) is 14.2. The van der Waals surface area contributed by atoms with Crippen LogP contribution in [0.3, 0.4) is 0 Å². The van der Waals surface area contributed by atoms with Crippen LogP contribution in [0.25, 0.3) is 16.6 Å². The molecule has 0 radical (unpaired) electrons. The first-order valence-electron chi connectivity index (χ1n) is 11.2. The molecule has 3 heterocycles. The standard InChI is InChI=1S/C26H25N5O3/c1-17-15-30(16-28-17)21-11-10-19(14-23(21)34-2)26(33)31-13-5-9-22(31)25(32)29-20-8-3-6-18-7-4-12-27-24(18)20/h3-4,6-8,10-12,14-16,22H,5,9,13H2,1-2H3,(H,29,32). The van der Waals surface area contributed by atoms with Crippen molar-refractivity contribution in [1.29, 1.82) is 0 Å². The van der Waals surface area contributed by atoms with Gasteiger partial charge in [-0.2, -0.15) is 0 Å². The number of nitrogens with zero attached hydrogens (tertiary/aromatic N) is 4. The fourth-order valence-electron chi connectivity index (χ4n) is 4.45. The van der Waals surface area contributed by atoms with Gasteiger partial charge in [0.2, 0.25) is 5.91 Å². The molecule has 2 amide bonds. The van der Waals surface area contributed by atoms with E-state index >= 15 is 0 Å². The van der Waals surface area contributed by atoms with Crippen molar-refractivity contribution in [2.75, 3.05) is 19.0 Å². The van der Waals surface area contributed by atoms with Crippen LogP contribution in [0.5, 0.6) is 5.75 Å². The summed E-state index contributed by atoms with van der Waals surface area (Å²) in [5, 5.41) is 3.93. The number of aromatic nitrogens is 3. The van der Waals surface area contributed by atoms with Gasteiger partial charge in [0, 0.05) is 29.9 Å². The smallest absolute Gasteiger partial charge is 0.254 e. The van der Waals surface area contributed by atoms with Crippen molar-refractivity contribution in [3.63, 3.8) is 0 Å². The van der Waals surface area contributed by atoms with Crippen LogP contribution in [0.1, 0.15) is 28.9 Å². The molecule has 4 aromatic rings. The van der Waals surface area contributed by atoms with E-state index in [0.717, 1.165) is 28.7 Å². The Morgan fingerprint density at radius 3 is 2.76 bits per heavy atom. The number of hydrogen-bond acceptors (Lipinski definition) is 5. The zero-order valence-electron chi connectivity index (χ0n) is 19.1. The average Bonchev–Trinajstić information content (AvgIpc) is 3.53. The molecular weight excluding hydrogens is 430 g/mol. The topological polar surface area (TPSA) is 89.4 Å². The second-order valence-corrected chi connectivity index (χ2v) is 8.34. The molecule has 1 aliphatic rings. The quantitative estimate of drug-likeness (QED) is 0.492. The number of benzene rings is 2. The molecule has 1 aliphatic heterocycles. The van der Waals surface area contributed by atoms with Crippen molar-refractivity contribution >= 4 is 28.4 Å². The van der Waals surface area contributed by atoms with Crippen molar-refractivity contribution in [2.45, 2.75) is 25.8 Å². The summed E-state index contributed by atoms with van der Waals surface area (Å²) in [6.07, 6.45) is 6.67.